The van der Waals surface area contributed by atoms with Crippen LogP contribution in [0.3, 0.4) is 0 Å². The molecule has 0 N–H and O–H groups in total. The second kappa shape index (κ2) is 11.8. The zero-order valence-corrected chi connectivity index (χ0v) is 16.6. The third kappa shape index (κ3) is 6.51. The second-order valence-corrected chi connectivity index (χ2v) is 5.47. The monoisotopic (exact) mass is 379 g/mol. The van der Waals surface area contributed by atoms with Crippen LogP contribution in [0, 0.1) is 0 Å². The van der Waals surface area contributed by atoms with E-state index in [4.69, 9.17) is 14.2 Å². The summed E-state index contributed by atoms with van der Waals surface area (Å²) in [7, 11) is 1.32. The van der Waals surface area contributed by atoms with Crippen LogP contribution < -0.4 is 14.2 Å². The van der Waals surface area contributed by atoms with Crippen molar-refractivity contribution < 1.29 is 28.5 Å². The number of nitrogens with zero attached hydrogens (tertiary/aromatic N) is 1. The van der Waals surface area contributed by atoms with Crippen molar-refractivity contribution in [1.82, 2.24) is 4.90 Å². The van der Waals surface area contributed by atoms with Gasteiger partial charge in [-0.05, 0) is 32.9 Å². The Labute approximate surface area is 160 Å². The molecule has 150 valence electrons. The Morgan fingerprint density at radius 2 is 1.59 bits per heavy atom. The number of hydrogen-bond acceptors (Lipinski definition) is 6. The lowest BCUT2D eigenvalue weighted by atomic mass is 10.1. The molecule has 0 saturated carbocycles. The first kappa shape index (κ1) is 22.3. The number of hydrogen-bond donors (Lipinski definition) is 0. The molecule has 0 bridgehead atoms. The molecule has 0 fully saturated rings. The average molecular weight is 379 g/mol. The van der Waals surface area contributed by atoms with Gasteiger partial charge in [0.15, 0.2) is 11.5 Å². The van der Waals surface area contributed by atoms with E-state index in [0.717, 1.165) is 0 Å². The van der Waals surface area contributed by atoms with Gasteiger partial charge in [0.05, 0.1) is 33.4 Å². The van der Waals surface area contributed by atoms with Crippen LogP contribution in [0.25, 0.3) is 0 Å². The van der Waals surface area contributed by atoms with E-state index in [9.17, 15) is 9.59 Å². The van der Waals surface area contributed by atoms with Gasteiger partial charge in [-0.3, -0.25) is 9.59 Å². The Morgan fingerprint density at radius 3 is 2.04 bits per heavy atom. The van der Waals surface area contributed by atoms with Crippen LogP contribution in [0.5, 0.6) is 17.2 Å². The first-order chi connectivity index (χ1) is 13.0. The van der Waals surface area contributed by atoms with Gasteiger partial charge >= 0.3 is 5.97 Å². The fourth-order valence-corrected chi connectivity index (χ4v) is 2.45. The van der Waals surface area contributed by atoms with Gasteiger partial charge in [-0.1, -0.05) is 6.08 Å². The summed E-state index contributed by atoms with van der Waals surface area (Å²) in [5, 5.41) is 0. The van der Waals surface area contributed by atoms with Crippen LogP contribution in [0.2, 0.25) is 0 Å². The predicted molar refractivity (Wildman–Crippen MR) is 103 cm³/mol. The molecule has 1 aromatic rings. The molecule has 0 aliphatic heterocycles. The Morgan fingerprint density at radius 1 is 1.04 bits per heavy atom. The molecular formula is C20H29NO6. The average Bonchev–Trinajstić information content (AvgIpc) is 2.66. The van der Waals surface area contributed by atoms with Crippen molar-refractivity contribution in [3.05, 3.63) is 30.4 Å². The lowest BCUT2D eigenvalue weighted by Gasteiger charge is -2.22. The summed E-state index contributed by atoms with van der Waals surface area (Å²) in [6.07, 6.45) is 1.71. The topological polar surface area (TPSA) is 74.3 Å². The molecule has 1 rings (SSSR count). The van der Waals surface area contributed by atoms with Crippen LogP contribution in [0.15, 0.2) is 24.8 Å². The van der Waals surface area contributed by atoms with Gasteiger partial charge in [0.25, 0.3) is 5.91 Å². The van der Waals surface area contributed by atoms with Gasteiger partial charge < -0.3 is 23.8 Å². The van der Waals surface area contributed by atoms with E-state index >= 15 is 0 Å². The van der Waals surface area contributed by atoms with Gasteiger partial charge in [-0.2, -0.15) is 0 Å². The quantitative estimate of drug-likeness (QED) is 0.410. The van der Waals surface area contributed by atoms with Gasteiger partial charge in [-0.25, -0.2) is 0 Å². The maximum atomic E-state index is 13.0. The molecule has 1 amide bonds. The van der Waals surface area contributed by atoms with E-state index in [1.165, 1.54) is 12.0 Å². The zero-order valence-electron chi connectivity index (χ0n) is 16.6. The van der Waals surface area contributed by atoms with Crippen LogP contribution >= 0.6 is 0 Å². The summed E-state index contributed by atoms with van der Waals surface area (Å²) in [5.74, 6) is 0.722. The lowest BCUT2D eigenvalue weighted by molar-refractivity contribution is -0.140. The van der Waals surface area contributed by atoms with Crippen molar-refractivity contribution in [3.8, 4) is 17.2 Å². The molecule has 0 aromatic heterocycles. The fourth-order valence-electron chi connectivity index (χ4n) is 2.45. The van der Waals surface area contributed by atoms with E-state index < -0.39 is 0 Å². The Hall–Kier alpha value is -2.70. The Balaban J connectivity index is 3.24. The van der Waals surface area contributed by atoms with Crippen LogP contribution in [-0.4, -0.2) is 56.8 Å². The largest absolute Gasteiger partial charge is 0.490 e. The molecule has 0 saturated heterocycles. The van der Waals surface area contributed by atoms with E-state index in [1.54, 1.807) is 18.2 Å². The molecule has 27 heavy (non-hydrogen) atoms. The molecule has 0 aliphatic carbocycles. The van der Waals surface area contributed by atoms with Crippen molar-refractivity contribution in [3.63, 3.8) is 0 Å². The summed E-state index contributed by atoms with van der Waals surface area (Å²) >= 11 is 0. The summed E-state index contributed by atoms with van der Waals surface area (Å²) in [6, 6.07) is 3.27. The van der Waals surface area contributed by atoms with Crippen molar-refractivity contribution in [2.24, 2.45) is 0 Å². The molecule has 0 spiro atoms. The number of carbonyl (C=O) groups is 2. The summed E-state index contributed by atoms with van der Waals surface area (Å²) in [5.41, 5.74) is 0.386. The fraction of sp³-hybridized carbons (Fsp3) is 0.500. The zero-order chi connectivity index (χ0) is 20.2. The normalized spacial score (nSPS) is 10.1. The van der Waals surface area contributed by atoms with Crippen LogP contribution in [-0.2, 0) is 9.53 Å². The molecule has 0 atom stereocenters. The minimum Gasteiger partial charge on any atom is -0.490 e. The number of esters is 1. The Bertz CT molecular complexity index is 616. The maximum absolute atomic E-state index is 13.0. The second-order valence-electron chi connectivity index (χ2n) is 5.47. The number of ether oxygens (including phenoxy) is 4. The molecule has 0 unspecified atom stereocenters. The highest BCUT2D eigenvalue weighted by molar-refractivity contribution is 5.96. The summed E-state index contributed by atoms with van der Waals surface area (Å²) in [4.78, 5) is 25.9. The molecule has 0 radical (unpaired) electrons. The molecule has 7 nitrogen and oxygen atoms in total. The first-order valence-corrected chi connectivity index (χ1v) is 9.05. The number of amides is 1. The predicted octanol–water partition coefficient (Wildman–Crippen LogP) is 3.07. The highest BCUT2D eigenvalue weighted by atomic mass is 16.5. The van der Waals surface area contributed by atoms with Crippen LogP contribution in [0.4, 0.5) is 0 Å². The van der Waals surface area contributed by atoms with Crippen molar-refractivity contribution in [2.45, 2.75) is 27.2 Å². The van der Waals surface area contributed by atoms with E-state index in [2.05, 4.69) is 11.3 Å². The summed E-state index contributed by atoms with van der Waals surface area (Å²) in [6.45, 7) is 11.0. The summed E-state index contributed by atoms with van der Waals surface area (Å²) < 4.78 is 21.6. The van der Waals surface area contributed by atoms with E-state index in [-0.39, 0.29) is 24.8 Å². The van der Waals surface area contributed by atoms with E-state index in [0.29, 0.717) is 49.2 Å². The smallest absolute Gasteiger partial charge is 0.307 e. The molecule has 7 heteroatoms. The molecular weight excluding hydrogens is 350 g/mol. The Kier molecular flexibility index (Phi) is 9.79. The van der Waals surface area contributed by atoms with E-state index in [1.807, 2.05) is 20.8 Å². The van der Waals surface area contributed by atoms with Gasteiger partial charge in [0, 0.05) is 18.7 Å². The molecule has 0 heterocycles. The first-order valence-electron chi connectivity index (χ1n) is 9.05. The standard InChI is InChI=1S/C20H29NO6/c1-6-11-21(12-10-18(22)24-5)20(23)15-13-16(25-7-2)19(27-9-4)17(14-15)26-8-3/h6,13-14H,1,7-12H2,2-5H3. The third-order valence-corrected chi connectivity index (χ3v) is 3.61. The minimum atomic E-state index is -0.381. The number of carbonyl (C=O) groups excluding carboxylic acids is 2. The van der Waals surface area contributed by atoms with Gasteiger partial charge in [0.1, 0.15) is 0 Å². The highest BCUT2D eigenvalue weighted by Crippen LogP contribution is 2.39. The lowest BCUT2D eigenvalue weighted by Crippen LogP contribution is -2.33. The number of rotatable bonds is 12. The van der Waals surface area contributed by atoms with Crippen LogP contribution in [0.1, 0.15) is 37.6 Å². The minimum absolute atomic E-state index is 0.101. The number of methoxy groups -OCH3 is 1. The highest BCUT2D eigenvalue weighted by Gasteiger charge is 2.22. The number of benzene rings is 1. The molecule has 1 aromatic carbocycles. The van der Waals surface area contributed by atoms with Crippen molar-refractivity contribution in [2.75, 3.05) is 40.0 Å². The van der Waals surface area contributed by atoms with Crippen molar-refractivity contribution >= 4 is 11.9 Å². The van der Waals surface area contributed by atoms with Crippen molar-refractivity contribution in [1.29, 1.82) is 0 Å². The SMILES string of the molecule is C=CCN(CCC(=O)OC)C(=O)c1cc(OCC)c(OCC)c(OCC)c1. The molecule has 0 aliphatic rings. The van der Waals surface area contributed by atoms with Gasteiger partial charge in [-0.15, -0.1) is 6.58 Å². The van der Waals surface area contributed by atoms with Gasteiger partial charge in [0.2, 0.25) is 5.75 Å². The maximum Gasteiger partial charge on any atom is 0.307 e. The third-order valence-electron chi connectivity index (χ3n) is 3.61.